The van der Waals surface area contributed by atoms with Gasteiger partial charge in [0.25, 0.3) is 0 Å². The van der Waals surface area contributed by atoms with Crippen molar-refractivity contribution in [2.24, 2.45) is 5.41 Å². The van der Waals surface area contributed by atoms with Crippen molar-refractivity contribution in [3.8, 4) is 5.75 Å². The van der Waals surface area contributed by atoms with Crippen molar-refractivity contribution >= 4 is 0 Å². The summed E-state index contributed by atoms with van der Waals surface area (Å²) in [5, 5.41) is 3.37. The summed E-state index contributed by atoms with van der Waals surface area (Å²) in [6.45, 7) is 9.90. The molecule has 0 radical (unpaired) electrons. The summed E-state index contributed by atoms with van der Waals surface area (Å²) < 4.78 is 6.06. The van der Waals surface area contributed by atoms with Gasteiger partial charge in [-0.25, -0.2) is 0 Å². The molecule has 1 aromatic rings. The third kappa shape index (κ3) is 4.20. The van der Waals surface area contributed by atoms with Crippen molar-refractivity contribution in [2.75, 3.05) is 6.54 Å². The van der Waals surface area contributed by atoms with Crippen LogP contribution in [0.2, 0.25) is 0 Å². The van der Waals surface area contributed by atoms with Gasteiger partial charge in [-0.1, -0.05) is 20.8 Å². The van der Waals surface area contributed by atoms with Crippen molar-refractivity contribution in [3.05, 3.63) is 24.0 Å². The van der Waals surface area contributed by atoms with E-state index in [0.717, 1.165) is 30.8 Å². The number of ether oxygens (including phenoxy) is 1. The third-order valence-corrected chi connectivity index (χ3v) is 4.30. The molecule has 112 valence electrons. The average Bonchev–Trinajstić information content (AvgIpc) is 2.42. The first-order valence-electron chi connectivity index (χ1n) is 7.86. The molecule has 0 bridgehead atoms. The monoisotopic (exact) mass is 276 g/mol. The highest BCUT2D eigenvalue weighted by atomic mass is 16.5. The normalized spacial score (nSPS) is 20.6. The van der Waals surface area contributed by atoms with Crippen LogP contribution in [-0.4, -0.2) is 17.6 Å². The van der Waals surface area contributed by atoms with Crippen LogP contribution in [0.15, 0.2) is 18.3 Å². The number of nitrogens with zero attached hydrogens (tertiary/aromatic N) is 1. The third-order valence-electron chi connectivity index (χ3n) is 4.30. The molecule has 1 aromatic heterocycles. The molecule has 0 saturated heterocycles. The summed E-state index contributed by atoms with van der Waals surface area (Å²) in [6.07, 6.45) is 7.04. The Labute approximate surface area is 123 Å². The summed E-state index contributed by atoms with van der Waals surface area (Å²) in [6, 6.07) is 4.41. The minimum atomic E-state index is 0.296. The topological polar surface area (TPSA) is 34.1 Å². The van der Waals surface area contributed by atoms with E-state index in [2.05, 4.69) is 50.1 Å². The Balaban J connectivity index is 1.88. The highest BCUT2D eigenvalue weighted by molar-refractivity contribution is 5.21. The molecule has 3 nitrogen and oxygen atoms in total. The number of aromatic nitrogens is 1. The molecule has 20 heavy (non-hydrogen) atoms. The van der Waals surface area contributed by atoms with Crippen LogP contribution >= 0.6 is 0 Å². The van der Waals surface area contributed by atoms with Gasteiger partial charge >= 0.3 is 0 Å². The lowest BCUT2D eigenvalue weighted by molar-refractivity contribution is 0.0984. The lowest BCUT2D eigenvalue weighted by Crippen LogP contribution is -2.28. The molecule has 0 spiro atoms. The zero-order valence-corrected chi connectivity index (χ0v) is 13.3. The van der Waals surface area contributed by atoms with Crippen LogP contribution in [0.3, 0.4) is 0 Å². The first-order chi connectivity index (χ1) is 9.50. The molecule has 0 aliphatic heterocycles. The van der Waals surface area contributed by atoms with Crippen LogP contribution in [-0.2, 0) is 0 Å². The van der Waals surface area contributed by atoms with Crippen LogP contribution in [0.1, 0.15) is 65.1 Å². The fraction of sp³-hybridized carbons (Fsp3) is 0.706. The largest absolute Gasteiger partial charge is 0.489 e. The van der Waals surface area contributed by atoms with Crippen LogP contribution in [0.5, 0.6) is 5.75 Å². The van der Waals surface area contributed by atoms with E-state index < -0.39 is 0 Å². The van der Waals surface area contributed by atoms with E-state index in [1.807, 2.05) is 6.20 Å². The van der Waals surface area contributed by atoms with Gasteiger partial charge in [-0.05, 0) is 56.7 Å². The van der Waals surface area contributed by atoms with Gasteiger partial charge in [0.1, 0.15) is 5.75 Å². The zero-order chi connectivity index (χ0) is 14.6. The molecule has 1 heterocycles. The molecule has 1 aliphatic carbocycles. The van der Waals surface area contributed by atoms with Crippen molar-refractivity contribution in [1.82, 2.24) is 10.3 Å². The fourth-order valence-electron chi connectivity index (χ4n) is 2.81. The standard InChI is InChI=1S/C17H28N2O/c1-5-18-13(2)16-7-6-15(12-19-16)20-14-8-10-17(3,4)11-9-14/h6-7,12-14,18H,5,8-11H2,1-4H3. The van der Waals surface area contributed by atoms with Gasteiger partial charge in [0.2, 0.25) is 0 Å². The first-order valence-corrected chi connectivity index (χ1v) is 7.86. The number of rotatable bonds is 5. The van der Waals surface area contributed by atoms with Gasteiger partial charge in [-0.2, -0.15) is 0 Å². The number of nitrogens with one attached hydrogen (secondary N) is 1. The van der Waals surface area contributed by atoms with E-state index in [9.17, 15) is 0 Å². The van der Waals surface area contributed by atoms with Crippen LogP contribution in [0, 0.1) is 5.41 Å². The number of hydrogen-bond donors (Lipinski definition) is 1. The highest BCUT2D eigenvalue weighted by Crippen LogP contribution is 2.36. The molecule has 1 aliphatic rings. The van der Waals surface area contributed by atoms with E-state index in [1.54, 1.807) is 0 Å². The summed E-state index contributed by atoms with van der Waals surface area (Å²) in [5.41, 5.74) is 1.56. The van der Waals surface area contributed by atoms with Crippen LogP contribution in [0.4, 0.5) is 0 Å². The van der Waals surface area contributed by atoms with Gasteiger partial charge < -0.3 is 10.1 Å². The second kappa shape index (κ2) is 6.57. The van der Waals surface area contributed by atoms with E-state index in [1.165, 1.54) is 12.8 Å². The first kappa shape index (κ1) is 15.3. The summed E-state index contributed by atoms with van der Waals surface area (Å²) in [4.78, 5) is 4.50. The molecule has 1 fully saturated rings. The molecule has 0 aromatic carbocycles. The van der Waals surface area contributed by atoms with Crippen molar-refractivity contribution < 1.29 is 4.74 Å². The molecular formula is C17H28N2O. The van der Waals surface area contributed by atoms with Gasteiger partial charge in [0, 0.05) is 6.04 Å². The Hall–Kier alpha value is -1.09. The Morgan fingerprint density at radius 1 is 1.35 bits per heavy atom. The van der Waals surface area contributed by atoms with E-state index in [4.69, 9.17) is 4.74 Å². The van der Waals surface area contributed by atoms with Gasteiger partial charge in [-0.3, -0.25) is 4.98 Å². The van der Waals surface area contributed by atoms with Gasteiger partial charge in [0.05, 0.1) is 18.0 Å². The smallest absolute Gasteiger partial charge is 0.138 e. The van der Waals surface area contributed by atoms with Crippen molar-refractivity contribution in [1.29, 1.82) is 0 Å². The van der Waals surface area contributed by atoms with Gasteiger partial charge in [-0.15, -0.1) is 0 Å². The molecule has 2 rings (SSSR count). The molecule has 3 heteroatoms. The quantitative estimate of drug-likeness (QED) is 0.879. The summed E-state index contributed by atoms with van der Waals surface area (Å²) in [7, 11) is 0. The van der Waals surface area contributed by atoms with E-state index >= 15 is 0 Å². The maximum absolute atomic E-state index is 6.06. The Morgan fingerprint density at radius 3 is 2.60 bits per heavy atom. The number of pyridine rings is 1. The van der Waals surface area contributed by atoms with E-state index in [0.29, 0.717) is 17.6 Å². The second-order valence-electron chi connectivity index (χ2n) is 6.68. The minimum Gasteiger partial charge on any atom is -0.489 e. The maximum Gasteiger partial charge on any atom is 0.138 e. The summed E-state index contributed by atoms with van der Waals surface area (Å²) >= 11 is 0. The Morgan fingerprint density at radius 2 is 2.05 bits per heavy atom. The van der Waals surface area contributed by atoms with Gasteiger partial charge in [0.15, 0.2) is 0 Å². The van der Waals surface area contributed by atoms with E-state index in [-0.39, 0.29) is 0 Å². The minimum absolute atomic E-state index is 0.296. The van der Waals surface area contributed by atoms with Crippen molar-refractivity contribution in [2.45, 2.75) is 65.5 Å². The predicted molar refractivity (Wildman–Crippen MR) is 83.0 cm³/mol. The molecule has 1 atom stereocenters. The maximum atomic E-state index is 6.06. The fourth-order valence-corrected chi connectivity index (χ4v) is 2.81. The Bertz CT molecular complexity index is 404. The SMILES string of the molecule is CCNC(C)c1ccc(OC2CCC(C)(C)CC2)cn1. The Kier molecular flexibility index (Phi) is 5.03. The molecule has 1 N–H and O–H groups in total. The van der Waals surface area contributed by atoms with Crippen LogP contribution in [0.25, 0.3) is 0 Å². The number of hydrogen-bond acceptors (Lipinski definition) is 3. The summed E-state index contributed by atoms with van der Waals surface area (Å²) in [5.74, 6) is 0.905. The zero-order valence-electron chi connectivity index (χ0n) is 13.3. The predicted octanol–water partition coefficient (Wildman–Crippen LogP) is 4.10. The molecule has 0 amide bonds. The molecular weight excluding hydrogens is 248 g/mol. The lowest BCUT2D eigenvalue weighted by Gasteiger charge is -2.34. The lowest BCUT2D eigenvalue weighted by atomic mass is 9.76. The van der Waals surface area contributed by atoms with Crippen LogP contribution < -0.4 is 10.1 Å². The highest BCUT2D eigenvalue weighted by Gasteiger charge is 2.27. The molecule has 1 unspecified atom stereocenters. The average molecular weight is 276 g/mol. The van der Waals surface area contributed by atoms with Crippen molar-refractivity contribution in [3.63, 3.8) is 0 Å². The second-order valence-corrected chi connectivity index (χ2v) is 6.68. The molecule has 1 saturated carbocycles.